The molecule has 4 nitrogen and oxygen atoms in total. The molecule has 3 rings (SSSR count). The molecule has 2 aromatic carbocycles. The normalized spacial score (nSPS) is 10.9. The van der Waals surface area contributed by atoms with Gasteiger partial charge in [-0.1, -0.05) is 52.2 Å². The fraction of sp³-hybridized carbons (Fsp3) is 0.222. The van der Waals surface area contributed by atoms with Gasteiger partial charge in [0, 0.05) is 28.7 Å². The fourth-order valence-corrected chi connectivity index (χ4v) is 4.25. The zero-order valence-corrected chi connectivity index (χ0v) is 18.5. The van der Waals surface area contributed by atoms with E-state index in [0.717, 1.165) is 4.70 Å². The number of thiazole rings is 1. The van der Waals surface area contributed by atoms with Crippen LogP contribution in [-0.4, -0.2) is 43.0 Å². The highest BCUT2D eigenvalue weighted by atomic mass is 35.5. The van der Waals surface area contributed by atoms with Crippen LogP contribution in [0.1, 0.15) is 10.4 Å². The summed E-state index contributed by atoms with van der Waals surface area (Å²) in [7, 11) is 3.91. The number of hydrogen-bond acceptors (Lipinski definition) is 4. The number of para-hydroxylation sites is 1. The van der Waals surface area contributed by atoms with E-state index in [2.05, 4.69) is 4.98 Å². The van der Waals surface area contributed by atoms with E-state index in [-0.39, 0.29) is 18.3 Å². The maximum Gasteiger partial charge on any atom is 0.260 e. The number of aromatic nitrogens is 1. The summed E-state index contributed by atoms with van der Waals surface area (Å²) < 4.78 is 0.930. The van der Waals surface area contributed by atoms with Crippen LogP contribution in [0.2, 0.25) is 15.1 Å². The van der Waals surface area contributed by atoms with Gasteiger partial charge >= 0.3 is 0 Å². The number of likely N-dealkylation sites (N-methyl/N-ethyl adjacent to an activating group) is 1. The molecule has 0 atom stereocenters. The topological polar surface area (TPSA) is 36.4 Å². The number of amides is 1. The van der Waals surface area contributed by atoms with Crippen molar-refractivity contribution in [1.29, 1.82) is 0 Å². The van der Waals surface area contributed by atoms with Crippen molar-refractivity contribution >= 4 is 79.8 Å². The average molecular weight is 465 g/mol. The first-order valence-corrected chi connectivity index (χ1v) is 9.78. The molecule has 144 valence electrons. The lowest BCUT2D eigenvalue weighted by atomic mass is 10.2. The van der Waals surface area contributed by atoms with Crippen LogP contribution in [0, 0.1) is 0 Å². The SMILES string of the molecule is CN(C)CCN(C(=O)c1cc(Cl)cc(Cl)c1)c1nc2c(Cl)cccc2s1.Cl. The van der Waals surface area contributed by atoms with Gasteiger partial charge in [0.15, 0.2) is 5.13 Å². The molecule has 0 fully saturated rings. The summed E-state index contributed by atoms with van der Waals surface area (Å²) in [5.41, 5.74) is 1.12. The molecule has 27 heavy (non-hydrogen) atoms. The van der Waals surface area contributed by atoms with Crippen molar-refractivity contribution in [3.8, 4) is 0 Å². The first kappa shape index (κ1) is 22.2. The summed E-state index contributed by atoms with van der Waals surface area (Å²) in [5.74, 6) is -0.202. The Balaban J connectivity index is 0.00000261. The highest BCUT2D eigenvalue weighted by Gasteiger charge is 2.22. The number of halogens is 4. The van der Waals surface area contributed by atoms with Crippen LogP contribution in [0.15, 0.2) is 36.4 Å². The number of carbonyl (C=O) groups is 1. The van der Waals surface area contributed by atoms with Gasteiger partial charge in [0.25, 0.3) is 5.91 Å². The van der Waals surface area contributed by atoms with E-state index < -0.39 is 0 Å². The van der Waals surface area contributed by atoms with Crippen LogP contribution in [0.4, 0.5) is 5.13 Å². The van der Waals surface area contributed by atoms with Gasteiger partial charge in [-0.05, 0) is 44.4 Å². The molecule has 0 spiro atoms. The molecule has 0 radical (unpaired) electrons. The van der Waals surface area contributed by atoms with Crippen LogP contribution >= 0.6 is 58.5 Å². The highest BCUT2D eigenvalue weighted by molar-refractivity contribution is 7.22. The van der Waals surface area contributed by atoms with Crippen molar-refractivity contribution < 1.29 is 4.79 Å². The minimum Gasteiger partial charge on any atom is -0.308 e. The van der Waals surface area contributed by atoms with Crippen LogP contribution < -0.4 is 4.90 Å². The molecule has 1 aromatic heterocycles. The Morgan fingerprint density at radius 2 is 1.74 bits per heavy atom. The lowest BCUT2D eigenvalue weighted by Crippen LogP contribution is -2.36. The Morgan fingerprint density at radius 3 is 2.33 bits per heavy atom. The molecule has 9 heteroatoms. The van der Waals surface area contributed by atoms with Gasteiger partial charge in [0.05, 0.1) is 9.72 Å². The van der Waals surface area contributed by atoms with E-state index in [1.54, 1.807) is 29.2 Å². The first-order chi connectivity index (χ1) is 12.3. The summed E-state index contributed by atoms with van der Waals surface area (Å²) in [6, 6.07) is 10.4. The molecule has 3 aromatic rings. The second-order valence-electron chi connectivity index (χ2n) is 6.00. The minimum atomic E-state index is -0.202. The predicted molar refractivity (Wildman–Crippen MR) is 119 cm³/mol. The van der Waals surface area contributed by atoms with Crippen molar-refractivity contribution in [2.75, 3.05) is 32.1 Å². The van der Waals surface area contributed by atoms with E-state index in [1.807, 2.05) is 31.1 Å². The number of carbonyl (C=O) groups excluding carboxylic acids is 1. The van der Waals surface area contributed by atoms with Gasteiger partial charge in [-0.25, -0.2) is 4.98 Å². The van der Waals surface area contributed by atoms with Gasteiger partial charge in [0.1, 0.15) is 5.52 Å². The summed E-state index contributed by atoms with van der Waals surface area (Å²) in [6.07, 6.45) is 0. The third-order valence-electron chi connectivity index (χ3n) is 3.71. The molecule has 0 unspecified atom stereocenters. The second-order valence-corrected chi connectivity index (χ2v) is 8.29. The zero-order chi connectivity index (χ0) is 18.8. The number of nitrogens with zero attached hydrogens (tertiary/aromatic N) is 3. The van der Waals surface area contributed by atoms with Crippen LogP contribution in [0.3, 0.4) is 0 Å². The number of rotatable bonds is 5. The molecular formula is C18H17Cl4N3OS. The predicted octanol–water partition coefficient (Wildman–Crippen LogP) is 5.89. The minimum absolute atomic E-state index is 0. The summed E-state index contributed by atoms with van der Waals surface area (Å²) >= 11 is 19.8. The second kappa shape index (κ2) is 9.41. The standard InChI is InChI=1S/C18H16Cl3N3OS.ClH/c1-23(2)6-7-24(17(25)11-8-12(19)10-13(20)9-11)18-22-16-14(21)4-3-5-15(16)26-18;/h3-5,8-10H,6-7H2,1-2H3;1H. The third kappa shape index (κ3) is 5.25. The molecular weight excluding hydrogens is 448 g/mol. The van der Waals surface area contributed by atoms with E-state index in [0.29, 0.717) is 44.4 Å². The van der Waals surface area contributed by atoms with Gasteiger partial charge in [0.2, 0.25) is 0 Å². The maximum atomic E-state index is 13.1. The summed E-state index contributed by atoms with van der Waals surface area (Å²) in [6.45, 7) is 1.16. The highest BCUT2D eigenvalue weighted by Crippen LogP contribution is 2.33. The Hall–Kier alpha value is -1.08. The van der Waals surface area contributed by atoms with Crippen LogP contribution in [-0.2, 0) is 0 Å². The molecule has 0 aliphatic carbocycles. The Bertz CT molecular complexity index is 941. The number of benzene rings is 2. The summed E-state index contributed by atoms with van der Waals surface area (Å²) in [4.78, 5) is 21.4. The number of anilines is 1. The van der Waals surface area contributed by atoms with Crippen LogP contribution in [0.25, 0.3) is 10.2 Å². The van der Waals surface area contributed by atoms with E-state index in [1.165, 1.54) is 11.3 Å². The molecule has 1 heterocycles. The molecule has 0 saturated heterocycles. The van der Waals surface area contributed by atoms with E-state index in [4.69, 9.17) is 34.8 Å². The lowest BCUT2D eigenvalue weighted by molar-refractivity contribution is 0.0985. The van der Waals surface area contributed by atoms with Crippen molar-refractivity contribution in [1.82, 2.24) is 9.88 Å². The van der Waals surface area contributed by atoms with E-state index in [9.17, 15) is 4.79 Å². The Kier molecular flexibility index (Phi) is 7.74. The average Bonchev–Trinajstić information content (AvgIpc) is 2.99. The largest absolute Gasteiger partial charge is 0.308 e. The smallest absolute Gasteiger partial charge is 0.260 e. The first-order valence-electron chi connectivity index (χ1n) is 7.83. The number of fused-ring (bicyclic) bond motifs is 1. The van der Waals surface area contributed by atoms with Crippen molar-refractivity contribution in [2.24, 2.45) is 0 Å². The molecule has 1 amide bonds. The van der Waals surface area contributed by atoms with Gasteiger partial charge in [-0.15, -0.1) is 12.4 Å². The van der Waals surface area contributed by atoms with Crippen molar-refractivity contribution in [3.63, 3.8) is 0 Å². The van der Waals surface area contributed by atoms with Gasteiger partial charge in [-0.2, -0.15) is 0 Å². The van der Waals surface area contributed by atoms with Crippen molar-refractivity contribution in [2.45, 2.75) is 0 Å². The fourth-order valence-electron chi connectivity index (χ4n) is 2.44. The number of hydrogen-bond donors (Lipinski definition) is 0. The zero-order valence-electron chi connectivity index (χ0n) is 14.6. The molecule has 0 bridgehead atoms. The molecule has 0 saturated carbocycles. The molecule has 0 aliphatic heterocycles. The molecule has 0 N–H and O–H groups in total. The Morgan fingerprint density at radius 1 is 1.07 bits per heavy atom. The Labute approximate surface area is 183 Å². The van der Waals surface area contributed by atoms with Crippen LogP contribution in [0.5, 0.6) is 0 Å². The monoisotopic (exact) mass is 463 g/mol. The maximum absolute atomic E-state index is 13.1. The van der Waals surface area contributed by atoms with Gasteiger partial charge < -0.3 is 4.90 Å². The quantitative estimate of drug-likeness (QED) is 0.472. The van der Waals surface area contributed by atoms with E-state index >= 15 is 0 Å². The summed E-state index contributed by atoms with van der Waals surface area (Å²) in [5, 5.41) is 1.99. The molecule has 0 aliphatic rings. The van der Waals surface area contributed by atoms with Gasteiger partial charge in [-0.3, -0.25) is 9.69 Å². The lowest BCUT2D eigenvalue weighted by Gasteiger charge is -2.22. The third-order valence-corrected chi connectivity index (χ3v) is 5.50. The van der Waals surface area contributed by atoms with Crippen molar-refractivity contribution in [3.05, 3.63) is 57.0 Å².